The summed E-state index contributed by atoms with van der Waals surface area (Å²) in [5.74, 6) is -2.39. The highest BCUT2D eigenvalue weighted by Crippen LogP contribution is 2.45. The van der Waals surface area contributed by atoms with Gasteiger partial charge in [-0.3, -0.25) is 9.59 Å². The van der Waals surface area contributed by atoms with E-state index in [9.17, 15) is 22.8 Å². The molecule has 2 rings (SSSR count). The number of nitrogens with zero attached hydrogens (tertiary/aromatic N) is 1. The van der Waals surface area contributed by atoms with Gasteiger partial charge >= 0.3 is 12.1 Å². The second-order valence-electron chi connectivity index (χ2n) is 5.14. The first-order chi connectivity index (χ1) is 9.65. The van der Waals surface area contributed by atoms with Gasteiger partial charge in [0, 0.05) is 22.8 Å². The molecule has 2 heterocycles. The minimum Gasteiger partial charge on any atom is -0.481 e. The number of carbonyl (C=O) groups is 2. The Kier molecular flexibility index (Phi) is 4.01. The highest BCUT2D eigenvalue weighted by atomic mass is 32.1. The molecule has 1 atom stereocenters. The summed E-state index contributed by atoms with van der Waals surface area (Å²) in [6, 6.07) is 3.58. The Morgan fingerprint density at radius 3 is 2.52 bits per heavy atom. The predicted octanol–water partition coefficient (Wildman–Crippen LogP) is 2.46. The number of thiophene rings is 1. The fraction of sp³-hybridized carbons (Fsp3) is 0.538. The molecule has 1 N–H and O–H groups in total. The normalized spacial score (nSPS) is 22.6. The zero-order chi connectivity index (χ0) is 15.8. The SMILES string of the molecule is Cc1ccc(CC(=O)N2CC[C@](C(=O)O)(C(F)(F)F)C2)s1. The number of aryl methyl sites for hydroxylation is 1. The molecule has 21 heavy (non-hydrogen) atoms. The molecule has 1 fully saturated rings. The van der Waals surface area contributed by atoms with Gasteiger partial charge in [-0.15, -0.1) is 11.3 Å². The largest absolute Gasteiger partial charge is 0.481 e. The van der Waals surface area contributed by atoms with Crippen LogP contribution in [0.5, 0.6) is 0 Å². The number of carboxylic acid groups (broad SMARTS) is 1. The fourth-order valence-electron chi connectivity index (χ4n) is 2.39. The maximum atomic E-state index is 13.0. The summed E-state index contributed by atoms with van der Waals surface area (Å²) in [4.78, 5) is 25.8. The van der Waals surface area contributed by atoms with Crippen LogP contribution < -0.4 is 0 Å². The summed E-state index contributed by atoms with van der Waals surface area (Å²) < 4.78 is 39.1. The number of carbonyl (C=O) groups excluding carboxylic acids is 1. The summed E-state index contributed by atoms with van der Waals surface area (Å²) in [6.07, 6.45) is -5.46. The first kappa shape index (κ1) is 15.8. The number of aliphatic carboxylic acids is 1. The Morgan fingerprint density at radius 2 is 2.10 bits per heavy atom. The molecule has 0 bridgehead atoms. The topological polar surface area (TPSA) is 57.6 Å². The third-order valence-corrected chi connectivity index (χ3v) is 4.70. The molecule has 1 aromatic heterocycles. The molecule has 0 aliphatic carbocycles. The lowest BCUT2D eigenvalue weighted by molar-refractivity contribution is -0.227. The van der Waals surface area contributed by atoms with E-state index in [0.717, 1.165) is 14.7 Å². The van der Waals surface area contributed by atoms with Gasteiger partial charge in [0.25, 0.3) is 0 Å². The molecule has 1 amide bonds. The summed E-state index contributed by atoms with van der Waals surface area (Å²) in [5.41, 5.74) is -2.84. The van der Waals surface area contributed by atoms with E-state index in [1.54, 1.807) is 6.07 Å². The van der Waals surface area contributed by atoms with E-state index in [2.05, 4.69) is 0 Å². The number of rotatable bonds is 3. The van der Waals surface area contributed by atoms with Crippen LogP contribution in [0.1, 0.15) is 16.2 Å². The van der Waals surface area contributed by atoms with Crippen molar-refractivity contribution in [1.29, 1.82) is 0 Å². The molecule has 4 nitrogen and oxygen atoms in total. The molecule has 116 valence electrons. The van der Waals surface area contributed by atoms with Gasteiger partial charge in [-0.2, -0.15) is 13.2 Å². The van der Waals surface area contributed by atoms with Crippen molar-refractivity contribution >= 4 is 23.2 Å². The standard InChI is InChI=1S/C13H14F3NO3S/c1-8-2-3-9(21-8)6-10(18)17-5-4-12(7-17,11(19)20)13(14,15)16/h2-3H,4-7H2,1H3,(H,19,20)/t12-/m0/s1. The minimum atomic E-state index is -4.87. The van der Waals surface area contributed by atoms with Crippen molar-refractivity contribution in [1.82, 2.24) is 4.90 Å². The molecule has 0 spiro atoms. The van der Waals surface area contributed by atoms with Crippen molar-refractivity contribution in [3.8, 4) is 0 Å². The van der Waals surface area contributed by atoms with Crippen LogP contribution in [0.25, 0.3) is 0 Å². The summed E-state index contributed by atoms with van der Waals surface area (Å²) in [6.45, 7) is 0.873. The summed E-state index contributed by atoms with van der Waals surface area (Å²) in [5, 5.41) is 8.94. The van der Waals surface area contributed by atoms with Crippen LogP contribution in [0.3, 0.4) is 0 Å². The molecule has 1 saturated heterocycles. The monoisotopic (exact) mass is 321 g/mol. The van der Waals surface area contributed by atoms with Crippen LogP contribution in [-0.4, -0.2) is 41.1 Å². The number of hydrogen-bond donors (Lipinski definition) is 1. The van der Waals surface area contributed by atoms with Crippen molar-refractivity contribution in [2.45, 2.75) is 25.9 Å². The highest BCUT2D eigenvalue weighted by Gasteiger charge is 2.64. The van der Waals surface area contributed by atoms with Crippen molar-refractivity contribution in [2.24, 2.45) is 5.41 Å². The Balaban J connectivity index is 2.10. The Hall–Kier alpha value is -1.57. The molecule has 8 heteroatoms. The lowest BCUT2D eigenvalue weighted by Gasteiger charge is -2.27. The molecule has 1 aromatic rings. The average molecular weight is 321 g/mol. The van der Waals surface area contributed by atoms with E-state index >= 15 is 0 Å². The smallest absolute Gasteiger partial charge is 0.406 e. The molecule has 0 saturated carbocycles. The van der Waals surface area contributed by atoms with Crippen molar-refractivity contribution in [3.05, 3.63) is 21.9 Å². The Labute approximate surface area is 123 Å². The van der Waals surface area contributed by atoms with Gasteiger partial charge in [0.1, 0.15) is 0 Å². The fourth-order valence-corrected chi connectivity index (χ4v) is 3.27. The van der Waals surface area contributed by atoms with E-state index in [4.69, 9.17) is 5.11 Å². The maximum absolute atomic E-state index is 13.0. The molecular weight excluding hydrogens is 307 g/mol. The Morgan fingerprint density at radius 1 is 1.43 bits per heavy atom. The van der Waals surface area contributed by atoms with Gasteiger partial charge in [-0.25, -0.2) is 0 Å². The first-order valence-corrected chi connectivity index (χ1v) is 7.10. The maximum Gasteiger partial charge on any atom is 0.406 e. The van der Waals surface area contributed by atoms with Crippen molar-refractivity contribution in [3.63, 3.8) is 0 Å². The van der Waals surface area contributed by atoms with Crippen molar-refractivity contribution < 1.29 is 27.9 Å². The van der Waals surface area contributed by atoms with Crippen molar-refractivity contribution in [2.75, 3.05) is 13.1 Å². The summed E-state index contributed by atoms with van der Waals surface area (Å²) >= 11 is 1.40. The predicted molar refractivity (Wildman–Crippen MR) is 70.1 cm³/mol. The molecule has 0 unspecified atom stereocenters. The molecular formula is C13H14F3NO3S. The number of carboxylic acids is 1. The van der Waals surface area contributed by atoms with Crippen LogP contribution in [0.15, 0.2) is 12.1 Å². The molecule has 1 aliphatic heterocycles. The molecule has 0 aromatic carbocycles. The van der Waals surface area contributed by atoms with Crippen LogP contribution in [0.2, 0.25) is 0 Å². The average Bonchev–Trinajstić information content (AvgIpc) is 2.95. The van der Waals surface area contributed by atoms with E-state index in [1.807, 2.05) is 13.0 Å². The first-order valence-electron chi connectivity index (χ1n) is 6.29. The number of halogens is 3. The van der Waals surface area contributed by atoms with Crippen LogP contribution in [0, 0.1) is 12.3 Å². The molecule has 1 aliphatic rings. The van der Waals surface area contributed by atoms with Crippen LogP contribution in [0.4, 0.5) is 13.2 Å². The highest BCUT2D eigenvalue weighted by molar-refractivity contribution is 7.12. The zero-order valence-corrected chi connectivity index (χ0v) is 12.1. The van der Waals surface area contributed by atoms with Gasteiger partial charge < -0.3 is 10.0 Å². The number of hydrogen-bond acceptors (Lipinski definition) is 3. The molecule has 0 radical (unpaired) electrons. The van der Waals surface area contributed by atoms with E-state index in [0.29, 0.717) is 0 Å². The lowest BCUT2D eigenvalue weighted by Crippen LogP contribution is -2.47. The second kappa shape index (κ2) is 5.32. The number of likely N-dealkylation sites (tertiary alicyclic amines) is 1. The summed E-state index contributed by atoms with van der Waals surface area (Å²) in [7, 11) is 0. The van der Waals surface area contributed by atoms with Gasteiger partial charge in [0.2, 0.25) is 5.91 Å². The third kappa shape index (κ3) is 2.90. The number of amides is 1. The minimum absolute atomic E-state index is 0.00601. The van der Waals surface area contributed by atoms with E-state index < -0.39 is 36.4 Å². The second-order valence-corrected chi connectivity index (χ2v) is 6.51. The lowest BCUT2D eigenvalue weighted by atomic mass is 9.86. The van der Waals surface area contributed by atoms with E-state index in [-0.39, 0.29) is 13.0 Å². The quantitative estimate of drug-likeness (QED) is 0.930. The van der Waals surface area contributed by atoms with Gasteiger partial charge in [-0.1, -0.05) is 0 Å². The Bertz CT molecular complexity index is 569. The van der Waals surface area contributed by atoms with Gasteiger partial charge in [-0.05, 0) is 25.5 Å². The third-order valence-electron chi connectivity index (χ3n) is 3.70. The van der Waals surface area contributed by atoms with Gasteiger partial charge in [0.15, 0.2) is 5.41 Å². The van der Waals surface area contributed by atoms with Crippen LogP contribution in [-0.2, 0) is 16.0 Å². The zero-order valence-electron chi connectivity index (χ0n) is 11.2. The van der Waals surface area contributed by atoms with Crippen LogP contribution >= 0.6 is 11.3 Å². The van der Waals surface area contributed by atoms with Gasteiger partial charge in [0.05, 0.1) is 6.42 Å². The van der Waals surface area contributed by atoms with E-state index in [1.165, 1.54) is 11.3 Å². The number of alkyl halides is 3.